The standard InChI is InChI=1S/C24H27BrN2O4/c1-2-15-31-20-9-7-19(8-10-20)27-22(28)16-21(23(27)29)26-13-11-24(30,12-14-26)17-3-5-18(25)6-4-17/h3-10,21,30H,2,11-16H2,1H3. The maximum Gasteiger partial charge on any atom is 0.251 e. The van der Waals surface area contributed by atoms with Gasteiger partial charge in [-0.25, -0.2) is 4.90 Å². The molecule has 2 amide bonds. The van der Waals surface area contributed by atoms with Gasteiger partial charge in [0.05, 0.1) is 30.4 Å². The van der Waals surface area contributed by atoms with Crippen molar-refractivity contribution in [2.24, 2.45) is 0 Å². The van der Waals surface area contributed by atoms with E-state index < -0.39 is 11.6 Å². The van der Waals surface area contributed by atoms with Gasteiger partial charge in [-0.3, -0.25) is 14.5 Å². The quantitative estimate of drug-likeness (QED) is 0.627. The molecule has 2 aliphatic heterocycles. The molecule has 0 spiro atoms. The highest BCUT2D eigenvalue weighted by Crippen LogP contribution is 2.36. The average molecular weight is 487 g/mol. The van der Waals surface area contributed by atoms with Crippen molar-refractivity contribution in [1.29, 1.82) is 0 Å². The third-order valence-electron chi connectivity index (χ3n) is 6.14. The Morgan fingerprint density at radius 2 is 1.71 bits per heavy atom. The molecular weight excluding hydrogens is 460 g/mol. The molecule has 2 fully saturated rings. The number of benzene rings is 2. The molecule has 0 aliphatic carbocycles. The number of aliphatic hydroxyl groups is 1. The Hall–Kier alpha value is -2.22. The first-order valence-corrected chi connectivity index (χ1v) is 11.5. The van der Waals surface area contributed by atoms with Crippen LogP contribution in [0.2, 0.25) is 0 Å². The van der Waals surface area contributed by atoms with E-state index in [9.17, 15) is 14.7 Å². The zero-order chi connectivity index (χ0) is 22.0. The van der Waals surface area contributed by atoms with Crippen molar-refractivity contribution in [3.8, 4) is 5.75 Å². The molecule has 4 rings (SSSR count). The van der Waals surface area contributed by atoms with Gasteiger partial charge in [-0.1, -0.05) is 35.0 Å². The first-order valence-electron chi connectivity index (χ1n) is 10.7. The number of imide groups is 1. The van der Waals surface area contributed by atoms with Crippen molar-refractivity contribution < 1.29 is 19.4 Å². The van der Waals surface area contributed by atoms with Crippen LogP contribution in [0.15, 0.2) is 53.0 Å². The number of rotatable bonds is 6. The largest absolute Gasteiger partial charge is 0.494 e. The number of carbonyl (C=O) groups is 2. The summed E-state index contributed by atoms with van der Waals surface area (Å²) < 4.78 is 6.55. The van der Waals surface area contributed by atoms with E-state index in [0.29, 0.717) is 38.2 Å². The van der Waals surface area contributed by atoms with Gasteiger partial charge in [0.15, 0.2) is 0 Å². The van der Waals surface area contributed by atoms with Gasteiger partial charge in [-0.05, 0) is 61.2 Å². The molecule has 2 saturated heterocycles. The highest BCUT2D eigenvalue weighted by atomic mass is 79.9. The number of nitrogens with zero attached hydrogens (tertiary/aromatic N) is 2. The van der Waals surface area contributed by atoms with Crippen molar-refractivity contribution >= 4 is 33.4 Å². The summed E-state index contributed by atoms with van der Waals surface area (Å²) in [6, 6.07) is 14.3. The summed E-state index contributed by atoms with van der Waals surface area (Å²) in [4.78, 5) is 29.1. The van der Waals surface area contributed by atoms with Crippen LogP contribution in [0, 0.1) is 0 Å². The number of halogens is 1. The number of amides is 2. The number of hydrogen-bond donors (Lipinski definition) is 1. The number of anilines is 1. The van der Waals surface area contributed by atoms with Crippen LogP contribution >= 0.6 is 15.9 Å². The molecule has 2 heterocycles. The number of likely N-dealkylation sites (tertiary alicyclic amines) is 1. The van der Waals surface area contributed by atoms with Crippen LogP contribution in [-0.2, 0) is 15.2 Å². The van der Waals surface area contributed by atoms with Crippen LogP contribution in [0.4, 0.5) is 5.69 Å². The molecule has 1 atom stereocenters. The minimum Gasteiger partial charge on any atom is -0.494 e. The summed E-state index contributed by atoms with van der Waals surface area (Å²) in [5, 5.41) is 11.1. The highest BCUT2D eigenvalue weighted by molar-refractivity contribution is 9.10. The first-order chi connectivity index (χ1) is 14.9. The predicted molar refractivity (Wildman–Crippen MR) is 122 cm³/mol. The Balaban J connectivity index is 1.42. The molecule has 0 radical (unpaired) electrons. The van der Waals surface area contributed by atoms with Crippen molar-refractivity contribution in [3.63, 3.8) is 0 Å². The first kappa shape index (κ1) is 22.0. The van der Waals surface area contributed by atoms with E-state index in [1.807, 2.05) is 36.1 Å². The fourth-order valence-electron chi connectivity index (χ4n) is 4.34. The molecule has 0 aromatic heterocycles. The lowest BCUT2D eigenvalue weighted by Crippen LogP contribution is -2.49. The van der Waals surface area contributed by atoms with Gasteiger partial charge in [0, 0.05) is 17.6 Å². The van der Waals surface area contributed by atoms with Gasteiger partial charge in [0.25, 0.3) is 5.91 Å². The molecule has 1 unspecified atom stereocenters. The SMILES string of the molecule is CCCOc1ccc(N2C(=O)CC(N3CCC(O)(c4ccc(Br)cc4)CC3)C2=O)cc1. The number of hydrogen-bond acceptors (Lipinski definition) is 5. The lowest BCUT2D eigenvalue weighted by molar-refractivity contribution is -0.124. The summed E-state index contributed by atoms with van der Waals surface area (Å²) in [7, 11) is 0. The van der Waals surface area contributed by atoms with E-state index in [4.69, 9.17) is 4.74 Å². The summed E-state index contributed by atoms with van der Waals surface area (Å²) in [5.74, 6) is 0.344. The molecule has 2 aromatic carbocycles. The average Bonchev–Trinajstić information content (AvgIpc) is 3.07. The Morgan fingerprint density at radius 3 is 2.32 bits per heavy atom. The monoisotopic (exact) mass is 486 g/mol. The summed E-state index contributed by atoms with van der Waals surface area (Å²) in [6.07, 6.45) is 2.13. The normalized spacial score (nSPS) is 21.5. The van der Waals surface area contributed by atoms with Crippen molar-refractivity contribution in [2.45, 2.75) is 44.2 Å². The summed E-state index contributed by atoms with van der Waals surface area (Å²) in [5.41, 5.74) is 0.553. The molecule has 1 N–H and O–H groups in total. The van der Waals surface area contributed by atoms with Gasteiger partial charge < -0.3 is 9.84 Å². The Morgan fingerprint density at radius 1 is 1.06 bits per heavy atom. The lowest BCUT2D eigenvalue weighted by atomic mass is 9.84. The van der Waals surface area contributed by atoms with Crippen LogP contribution in [-0.4, -0.2) is 47.6 Å². The van der Waals surface area contributed by atoms with E-state index in [1.54, 1.807) is 24.3 Å². The molecule has 7 heteroatoms. The minimum absolute atomic E-state index is 0.170. The van der Waals surface area contributed by atoms with Crippen LogP contribution in [0.3, 0.4) is 0 Å². The molecule has 0 saturated carbocycles. The third kappa shape index (κ3) is 4.54. The minimum atomic E-state index is -0.906. The maximum absolute atomic E-state index is 13.1. The number of piperidine rings is 1. The van der Waals surface area contributed by atoms with Crippen LogP contribution in [0.25, 0.3) is 0 Å². The van der Waals surface area contributed by atoms with Crippen LogP contribution < -0.4 is 9.64 Å². The van der Waals surface area contributed by atoms with Gasteiger partial charge in [-0.15, -0.1) is 0 Å². The van der Waals surface area contributed by atoms with Crippen LogP contribution in [0.5, 0.6) is 5.75 Å². The van der Waals surface area contributed by atoms with E-state index in [1.165, 1.54) is 4.90 Å². The molecule has 0 bridgehead atoms. The summed E-state index contributed by atoms with van der Waals surface area (Å²) in [6.45, 7) is 3.79. The fraction of sp³-hybridized carbons (Fsp3) is 0.417. The number of ether oxygens (including phenoxy) is 1. The second-order valence-electron chi connectivity index (χ2n) is 8.20. The van der Waals surface area contributed by atoms with Crippen LogP contribution in [0.1, 0.15) is 38.2 Å². The van der Waals surface area contributed by atoms with E-state index in [0.717, 1.165) is 22.2 Å². The summed E-state index contributed by atoms with van der Waals surface area (Å²) >= 11 is 3.42. The fourth-order valence-corrected chi connectivity index (χ4v) is 4.60. The second kappa shape index (κ2) is 9.10. The Labute approximate surface area is 190 Å². The zero-order valence-corrected chi connectivity index (χ0v) is 19.2. The molecule has 2 aromatic rings. The van der Waals surface area contributed by atoms with E-state index in [2.05, 4.69) is 15.9 Å². The van der Waals surface area contributed by atoms with E-state index >= 15 is 0 Å². The van der Waals surface area contributed by atoms with Gasteiger partial charge in [0.1, 0.15) is 5.75 Å². The Bertz CT molecular complexity index is 937. The maximum atomic E-state index is 13.1. The Kier molecular flexibility index (Phi) is 6.46. The molecular formula is C24H27BrN2O4. The third-order valence-corrected chi connectivity index (χ3v) is 6.67. The van der Waals surface area contributed by atoms with Crippen molar-refractivity contribution in [2.75, 3.05) is 24.6 Å². The second-order valence-corrected chi connectivity index (χ2v) is 9.12. The van der Waals surface area contributed by atoms with Crippen molar-refractivity contribution in [3.05, 3.63) is 58.6 Å². The smallest absolute Gasteiger partial charge is 0.251 e. The van der Waals surface area contributed by atoms with Gasteiger partial charge in [-0.2, -0.15) is 0 Å². The topological polar surface area (TPSA) is 70.1 Å². The predicted octanol–water partition coefficient (Wildman–Crippen LogP) is 3.85. The number of carbonyl (C=O) groups excluding carboxylic acids is 2. The van der Waals surface area contributed by atoms with E-state index in [-0.39, 0.29) is 18.2 Å². The molecule has 31 heavy (non-hydrogen) atoms. The molecule has 2 aliphatic rings. The van der Waals surface area contributed by atoms with Crippen molar-refractivity contribution in [1.82, 2.24) is 4.90 Å². The van der Waals surface area contributed by atoms with Gasteiger partial charge >= 0.3 is 0 Å². The molecule has 6 nitrogen and oxygen atoms in total. The lowest BCUT2D eigenvalue weighted by Gasteiger charge is -2.40. The zero-order valence-electron chi connectivity index (χ0n) is 17.6. The van der Waals surface area contributed by atoms with Gasteiger partial charge in [0.2, 0.25) is 5.91 Å². The molecule has 164 valence electrons. The highest BCUT2D eigenvalue weighted by Gasteiger charge is 2.45.